The number of benzene rings is 4. The minimum absolute atomic E-state index is 0.435. The molecule has 1 heterocycles. The predicted octanol–water partition coefficient (Wildman–Crippen LogP) is 7.22. The van der Waals surface area contributed by atoms with E-state index in [1.165, 1.54) is 11.1 Å². The van der Waals surface area contributed by atoms with Crippen LogP contribution >= 0.6 is 23.2 Å². The van der Waals surface area contributed by atoms with E-state index in [0.29, 0.717) is 22.2 Å². The molecule has 0 unspecified atom stereocenters. The van der Waals surface area contributed by atoms with E-state index in [1.54, 1.807) is 12.1 Å². The fourth-order valence-electron chi connectivity index (χ4n) is 4.37. The average molecular weight is 459 g/mol. The smallest absolute Gasteiger partial charge is 0.249 e. The second kappa shape index (κ2) is 8.01. The van der Waals surface area contributed by atoms with E-state index in [2.05, 4.69) is 29.7 Å². The summed E-state index contributed by atoms with van der Waals surface area (Å²) in [6.07, 6.45) is 0. The maximum Gasteiger partial charge on any atom is 0.249 e. The maximum atomic E-state index is 12.2. The Balaban J connectivity index is 1.82. The first-order valence-corrected chi connectivity index (χ1v) is 11.0. The van der Waals surface area contributed by atoms with Crippen LogP contribution in [0.15, 0.2) is 78.9 Å². The Kier molecular flexibility index (Phi) is 5.16. The van der Waals surface area contributed by atoms with Gasteiger partial charge in [0.15, 0.2) is 0 Å². The van der Waals surface area contributed by atoms with Gasteiger partial charge in [-0.1, -0.05) is 71.7 Å². The van der Waals surface area contributed by atoms with E-state index in [-0.39, 0.29) is 0 Å². The van der Waals surface area contributed by atoms with Crippen molar-refractivity contribution in [3.8, 4) is 11.1 Å². The molecule has 0 spiro atoms. The van der Waals surface area contributed by atoms with Crippen LogP contribution in [0.3, 0.4) is 0 Å². The molecule has 4 aromatic carbocycles. The van der Waals surface area contributed by atoms with Gasteiger partial charge >= 0.3 is 0 Å². The van der Waals surface area contributed by atoms with Crippen LogP contribution in [0.5, 0.6) is 0 Å². The van der Waals surface area contributed by atoms with Gasteiger partial charge in [0.05, 0.1) is 11.0 Å². The first-order chi connectivity index (χ1) is 15.4. The van der Waals surface area contributed by atoms with Crippen molar-refractivity contribution in [2.75, 3.05) is 0 Å². The first kappa shape index (κ1) is 20.6. The summed E-state index contributed by atoms with van der Waals surface area (Å²) in [5.41, 5.74) is 12.6. The quantitative estimate of drug-likeness (QED) is 0.303. The predicted molar refractivity (Wildman–Crippen MR) is 134 cm³/mol. The molecule has 0 aliphatic heterocycles. The lowest BCUT2D eigenvalue weighted by atomic mass is 10.0. The van der Waals surface area contributed by atoms with Gasteiger partial charge in [-0.2, -0.15) is 0 Å². The molecule has 0 saturated heterocycles. The molecule has 158 valence electrons. The number of fused-ring (bicyclic) bond motifs is 3. The molecule has 1 aromatic heterocycles. The molecule has 0 fully saturated rings. The van der Waals surface area contributed by atoms with Gasteiger partial charge in [0.25, 0.3) is 0 Å². The molecule has 32 heavy (non-hydrogen) atoms. The number of rotatable bonds is 4. The number of carbonyl (C=O) groups excluding carboxylic acids is 1. The minimum atomic E-state index is -0.435. The summed E-state index contributed by atoms with van der Waals surface area (Å²) in [7, 11) is 0. The molecule has 5 heteroatoms. The molecule has 0 saturated carbocycles. The Morgan fingerprint density at radius 1 is 0.906 bits per heavy atom. The molecule has 5 rings (SSSR count). The largest absolute Gasteiger partial charge is 0.366 e. The highest BCUT2D eigenvalue weighted by Gasteiger charge is 2.18. The molecular weight excluding hydrogens is 439 g/mol. The molecule has 3 nitrogen and oxygen atoms in total. The Morgan fingerprint density at radius 2 is 1.72 bits per heavy atom. The number of aryl methyl sites for hydroxylation is 1. The Hall–Kier alpha value is -3.27. The number of hydrogen-bond donors (Lipinski definition) is 1. The highest BCUT2D eigenvalue weighted by molar-refractivity contribution is 6.36. The minimum Gasteiger partial charge on any atom is -0.366 e. The van der Waals surface area contributed by atoms with Crippen molar-refractivity contribution >= 4 is 50.9 Å². The first-order valence-electron chi connectivity index (χ1n) is 10.3. The van der Waals surface area contributed by atoms with Crippen LogP contribution in [0.4, 0.5) is 0 Å². The monoisotopic (exact) mass is 458 g/mol. The van der Waals surface area contributed by atoms with Crippen molar-refractivity contribution in [3.05, 3.63) is 106 Å². The topological polar surface area (TPSA) is 48.0 Å². The highest BCUT2D eigenvalue weighted by Crippen LogP contribution is 2.37. The summed E-state index contributed by atoms with van der Waals surface area (Å²) >= 11 is 12.6. The lowest BCUT2D eigenvalue weighted by Gasteiger charge is -2.12. The van der Waals surface area contributed by atoms with Gasteiger partial charge < -0.3 is 10.3 Å². The zero-order chi connectivity index (χ0) is 22.4. The number of hydrogen-bond acceptors (Lipinski definition) is 1. The van der Waals surface area contributed by atoms with E-state index >= 15 is 0 Å². The second-order valence-electron chi connectivity index (χ2n) is 7.93. The maximum absolute atomic E-state index is 12.2. The van der Waals surface area contributed by atoms with Gasteiger partial charge in [-0.15, -0.1) is 0 Å². The van der Waals surface area contributed by atoms with Crippen LogP contribution in [0.1, 0.15) is 21.5 Å². The highest BCUT2D eigenvalue weighted by atomic mass is 35.5. The SMILES string of the molecule is Cc1ccccc1Cn1c2cc(-c3ccc(Cl)cc3Cl)ccc2c2c(C(N)=O)cccc21. The van der Waals surface area contributed by atoms with E-state index in [4.69, 9.17) is 28.9 Å². The third kappa shape index (κ3) is 3.44. The third-order valence-electron chi connectivity index (χ3n) is 5.99. The van der Waals surface area contributed by atoms with E-state index < -0.39 is 5.91 Å². The Labute approximate surface area is 196 Å². The molecule has 0 atom stereocenters. The van der Waals surface area contributed by atoms with Crippen molar-refractivity contribution in [1.29, 1.82) is 0 Å². The van der Waals surface area contributed by atoms with Gasteiger partial charge in [0.1, 0.15) is 0 Å². The molecule has 0 aliphatic rings. The average Bonchev–Trinajstić information content (AvgIpc) is 3.08. The van der Waals surface area contributed by atoms with Gasteiger partial charge in [-0.05, 0) is 53.9 Å². The van der Waals surface area contributed by atoms with Crippen molar-refractivity contribution in [2.24, 2.45) is 5.73 Å². The standard InChI is InChI=1S/C27H20Cl2N2O/c1-16-5-2-3-6-18(16)15-31-24-8-4-7-22(27(30)32)26(24)21-11-9-17(13-25(21)31)20-12-10-19(28)14-23(20)29/h2-14H,15H2,1H3,(H2,30,32). The van der Waals surface area contributed by atoms with Crippen LogP contribution in [0.25, 0.3) is 32.9 Å². The third-order valence-corrected chi connectivity index (χ3v) is 6.54. The number of nitrogens with zero attached hydrogens (tertiary/aromatic N) is 1. The number of aromatic nitrogens is 1. The zero-order valence-corrected chi connectivity index (χ0v) is 18.9. The summed E-state index contributed by atoms with van der Waals surface area (Å²) < 4.78 is 2.24. The summed E-state index contributed by atoms with van der Waals surface area (Å²) in [6.45, 7) is 2.78. The normalized spacial score (nSPS) is 11.3. The number of carbonyl (C=O) groups is 1. The van der Waals surface area contributed by atoms with Gasteiger partial charge in [-0.3, -0.25) is 4.79 Å². The van der Waals surface area contributed by atoms with Crippen LogP contribution < -0.4 is 5.73 Å². The van der Waals surface area contributed by atoms with Crippen LogP contribution in [0.2, 0.25) is 10.0 Å². The van der Waals surface area contributed by atoms with Crippen molar-refractivity contribution in [2.45, 2.75) is 13.5 Å². The van der Waals surface area contributed by atoms with Crippen molar-refractivity contribution in [1.82, 2.24) is 4.57 Å². The van der Waals surface area contributed by atoms with Crippen molar-refractivity contribution in [3.63, 3.8) is 0 Å². The molecular formula is C27H20Cl2N2O. The number of primary amides is 1. The van der Waals surface area contributed by atoms with Crippen LogP contribution in [-0.4, -0.2) is 10.5 Å². The molecule has 2 N–H and O–H groups in total. The van der Waals surface area contributed by atoms with Gasteiger partial charge in [0.2, 0.25) is 5.91 Å². The van der Waals surface area contributed by atoms with Gasteiger partial charge in [-0.25, -0.2) is 0 Å². The number of nitrogens with two attached hydrogens (primary N) is 1. The Morgan fingerprint density at radius 3 is 2.47 bits per heavy atom. The fraction of sp³-hybridized carbons (Fsp3) is 0.0741. The second-order valence-corrected chi connectivity index (χ2v) is 8.78. The number of amides is 1. The molecule has 5 aromatic rings. The zero-order valence-electron chi connectivity index (χ0n) is 17.4. The summed E-state index contributed by atoms with van der Waals surface area (Å²) in [4.78, 5) is 12.2. The molecule has 0 bridgehead atoms. The lowest BCUT2D eigenvalue weighted by Crippen LogP contribution is -2.11. The van der Waals surface area contributed by atoms with Gasteiger partial charge in [0, 0.05) is 38.5 Å². The number of halogens is 2. The van der Waals surface area contributed by atoms with E-state index in [0.717, 1.165) is 32.9 Å². The van der Waals surface area contributed by atoms with Crippen molar-refractivity contribution < 1.29 is 4.79 Å². The van der Waals surface area contributed by atoms with Crippen LogP contribution in [0, 0.1) is 6.92 Å². The summed E-state index contributed by atoms with van der Waals surface area (Å²) in [6, 6.07) is 25.7. The van der Waals surface area contributed by atoms with E-state index in [1.807, 2.05) is 48.5 Å². The molecule has 1 amide bonds. The molecule has 0 radical (unpaired) electrons. The lowest BCUT2D eigenvalue weighted by molar-refractivity contribution is 0.100. The molecule has 0 aliphatic carbocycles. The summed E-state index contributed by atoms with van der Waals surface area (Å²) in [5, 5.41) is 3.05. The van der Waals surface area contributed by atoms with Crippen LogP contribution in [-0.2, 0) is 6.54 Å². The Bertz CT molecular complexity index is 1520. The summed E-state index contributed by atoms with van der Waals surface area (Å²) in [5.74, 6) is -0.435. The van der Waals surface area contributed by atoms with E-state index in [9.17, 15) is 4.79 Å². The fourth-order valence-corrected chi connectivity index (χ4v) is 4.89.